The van der Waals surface area contributed by atoms with Crippen molar-refractivity contribution in [2.45, 2.75) is 31.5 Å². The molecule has 21 heavy (non-hydrogen) atoms. The van der Waals surface area contributed by atoms with Gasteiger partial charge in [-0.15, -0.1) is 0 Å². The predicted octanol–water partition coefficient (Wildman–Crippen LogP) is -0.327. The van der Waals surface area contributed by atoms with E-state index >= 15 is 0 Å². The molecule has 1 unspecified atom stereocenters. The number of nitrogens with zero attached hydrogens (tertiary/aromatic N) is 2. The van der Waals surface area contributed by atoms with Gasteiger partial charge in [-0.3, -0.25) is 9.69 Å². The van der Waals surface area contributed by atoms with E-state index < -0.39 is 0 Å². The van der Waals surface area contributed by atoms with Crippen LogP contribution in [-0.2, 0) is 14.3 Å². The summed E-state index contributed by atoms with van der Waals surface area (Å²) in [6, 6.07) is 0. The van der Waals surface area contributed by atoms with Crippen LogP contribution in [0.2, 0.25) is 0 Å². The Balaban J connectivity index is 1.41. The minimum atomic E-state index is -0.256. The minimum Gasteiger partial charge on any atom is -0.381 e. The first-order valence-electron chi connectivity index (χ1n) is 8.20. The van der Waals surface area contributed by atoms with Gasteiger partial charge in [0.2, 0.25) is 0 Å². The number of hydrogen-bond donors (Lipinski definition) is 1. The quantitative estimate of drug-likeness (QED) is 0.770. The van der Waals surface area contributed by atoms with E-state index in [1.54, 1.807) is 0 Å². The van der Waals surface area contributed by atoms with Crippen molar-refractivity contribution in [3.8, 4) is 0 Å². The lowest BCUT2D eigenvalue weighted by atomic mass is 10.1. The molecule has 2 N–H and O–H groups in total. The summed E-state index contributed by atoms with van der Waals surface area (Å²) < 4.78 is 11.1. The average Bonchev–Trinajstić information content (AvgIpc) is 3.18. The SMILES string of the molecule is NC[C@H]1CC[C@@H](C(=O)N2CCN(CC3CCOC3)CC2)O1. The summed E-state index contributed by atoms with van der Waals surface area (Å²) in [4.78, 5) is 16.9. The maximum Gasteiger partial charge on any atom is 0.251 e. The average molecular weight is 297 g/mol. The minimum absolute atomic E-state index is 0.0719. The molecule has 3 aliphatic heterocycles. The van der Waals surface area contributed by atoms with E-state index in [1.807, 2.05) is 4.90 Å². The molecule has 3 rings (SSSR count). The largest absolute Gasteiger partial charge is 0.381 e. The highest BCUT2D eigenvalue weighted by Crippen LogP contribution is 2.22. The van der Waals surface area contributed by atoms with E-state index in [4.69, 9.17) is 15.2 Å². The van der Waals surface area contributed by atoms with Gasteiger partial charge in [-0.05, 0) is 25.2 Å². The van der Waals surface area contributed by atoms with E-state index in [0.29, 0.717) is 12.5 Å². The molecule has 3 fully saturated rings. The highest BCUT2D eigenvalue weighted by Gasteiger charge is 2.34. The lowest BCUT2D eigenvalue weighted by Gasteiger charge is -2.36. The molecule has 0 aromatic heterocycles. The van der Waals surface area contributed by atoms with Crippen LogP contribution in [0.5, 0.6) is 0 Å². The van der Waals surface area contributed by atoms with Crippen LogP contribution in [0.4, 0.5) is 0 Å². The Labute approximate surface area is 126 Å². The molecule has 0 aliphatic carbocycles. The predicted molar refractivity (Wildman–Crippen MR) is 78.9 cm³/mol. The smallest absolute Gasteiger partial charge is 0.251 e. The number of ether oxygens (including phenoxy) is 2. The molecule has 0 radical (unpaired) electrons. The third kappa shape index (κ3) is 3.74. The Bertz CT molecular complexity index is 352. The fourth-order valence-electron chi connectivity index (χ4n) is 3.51. The van der Waals surface area contributed by atoms with E-state index in [1.165, 1.54) is 6.42 Å². The van der Waals surface area contributed by atoms with Gasteiger partial charge in [-0.2, -0.15) is 0 Å². The highest BCUT2D eigenvalue weighted by molar-refractivity contribution is 5.81. The fraction of sp³-hybridized carbons (Fsp3) is 0.933. The summed E-state index contributed by atoms with van der Waals surface area (Å²) in [7, 11) is 0. The van der Waals surface area contributed by atoms with Gasteiger partial charge in [0, 0.05) is 45.9 Å². The van der Waals surface area contributed by atoms with Gasteiger partial charge in [-0.1, -0.05) is 0 Å². The topological polar surface area (TPSA) is 68.0 Å². The second-order valence-electron chi connectivity index (χ2n) is 6.42. The molecule has 3 heterocycles. The van der Waals surface area contributed by atoms with E-state index in [0.717, 1.165) is 58.8 Å². The number of piperazine rings is 1. The molecule has 6 nitrogen and oxygen atoms in total. The first-order chi connectivity index (χ1) is 10.3. The van der Waals surface area contributed by atoms with Crippen molar-refractivity contribution in [3.05, 3.63) is 0 Å². The van der Waals surface area contributed by atoms with Crippen LogP contribution >= 0.6 is 0 Å². The number of carbonyl (C=O) groups is 1. The Morgan fingerprint density at radius 1 is 1.14 bits per heavy atom. The van der Waals surface area contributed by atoms with Crippen molar-refractivity contribution >= 4 is 5.91 Å². The number of rotatable bonds is 4. The van der Waals surface area contributed by atoms with Crippen LogP contribution in [-0.4, -0.2) is 80.4 Å². The Morgan fingerprint density at radius 2 is 1.95 bits per heavy atom. The number of hydrogen-bond acceptors (Lipinski definition) is 5. The Kier molecular flexibility index (Phi) is 5.11. The van der Waals surface area contributed by atoms with Crippen molar-refractivity contribution in [2.75, 3.05) is 52.5 Å². The molecule has 0 aromatic carbocycles. The molecule has 3 saturated heterocycles. The van der Waals surface area contributed by atoms with Crippen LogP contribution in [0.3, 0.4) is 0 Å². The number of carbonyl (C=O) groups excluding carboxylic acids is 1. The Morgan fingerprint density at radius 3 is 2.57 bits per heavy atom. The van der Waals surface area contributed by atoms with Crippen LogP contribution in [0.15, 0.2) is 0 Å². The first-order valence-corrected chi connectivity index (χ1v) is 8.20. The molecule has 3 aliphatic rings. The normalized spacial score (nSPS) is 34.5. The van der Waals surface area contributed by atoms with E-state index in [9.17, 15) is 4.79 Å². The summed E-state index contributed by atoms with van der Waals surface area (Å²) in [5, 5.41) is 0. The maximum atomic E-state index is 12.4. The van der Waals surface area contributed by atoms with Crippen molar-refractivity contribution in [2.24, 2.45) is 11.7 Å². The van der Waals surface area contributed by atoms with Gasteiger partial charge in [0.05, 0.1) is 12.7 Å². The third-order valence-electron chi connectivity index (χ3n) is 4.87. The number of amides is 1. The first kappa shape index (κ1) is 15.2. The highest BCUT2D eigenvalue weighted by atomic mass is 16.5. The summed E-state index contributed by atoms with van der Waals surface area (Å²) >= 11 is 0. The van der Waals surface area contributed by atoms with Gasteiger partial charge in [0.1, 0.15) is 6.10 Å². The van der Waals surface area contributed by atoms with Gasteiger partial charge in [0.15, 0.2) is 0 Å². The summed E-state index contributed by atoms with van der Waals surface area (Å²) in [6.45, 7) is 7.00. The second-order valence-corrected chi connectivity index (χ2v) is 6.42. The molecule has 0 aromatic rings. The zero-order valence-electron chi connectivity index (χ0n) is 12.7. The van der Waals surface area contributed by atoms with Gasteiger partial charge < -0.3 is 20.1 Å². The molecule has 3 atom stereocenters. The molecule has 0 saturated carbocycles. The standard InChI is InChI=1S/C15H27N3O3/c16-9-13-1-2-14(21-13)15(19)18-6-4-17(5-7-18)10-12-3-8-20-11-12/h12-14H,1-11,16H2/t12?,13-,14+/m1/s1. The monoisotopic (exact) mass is 297 g/mol. The lowest BCUT2D eigenvalue weighted by Crippen LogP contribution is -2.52. The molecule has 0 bridgehead atoms. The van der Waals surface area contributed by atoms with Crippen LogP contribution in [0.1, 0.15) is 19.3 Å². The van der Waals surface area contributed by atoms with Crippen LogP contribution < -0.4 is 5.73 Å². The lowest BCUT2D eigenvalue weighted by molar-refractivity contribution is -0.144. The van der Waals surface area contributed by atoms with Gasteiger partial charge >= 0.3 is 0 Å². The summed E-state index contributed by atoms with van der Waals surface area (Å²) in [5.41, 5.74) is 5.60. The molecular formula is C15H27N3O3. The van der Waals surface area contributed by atoms with Crippen LogP contribution in [0.25, 0.3) is 0 Å². The maximum absolute atomic E-state index is 12.4. The molecule has 120 valence electrons. The van der Waals surface area contributed by atoms with Crippen molar-refractivity contribution in [1.82, 2.24) is 9.80 Å². The summed E-state index contributed by atoms with van der Waals surface area (Å²) in [6.07, 6.45) is 2.72. The second kappa shape index (κ2) is 7.05. The van der Waals surface area contributed by atoms with Crippen molar-refractivity contribution in [1.29, 1.82) is 0 Å². The van der Waals surface area contributed by atoms with Crippen LogP contribution in [0, 0.1) is 5.92 Å². The van der Waals surface area contributed by atoms with Gasteiger partial charge in [0.25, 0.3) is 5.91 Å². The van der Waals surface area contributed by atoms with E-state index in [2.05, 4.69) is 4.90 Å². The zero-order valence-corrected chi connectivity index (χ0v) is 12.7. The van der Waals surface area contributed by atoms with Gasteiger partial charge in [-0.25, -0.2) is 0 Å². The number of nitrogens with two attached hydrogens (primary N) is 1. The molecule has 6 heteroatoms. The molecular weight excluding hydrogens is 270 g/mol. The molecule has 1 amide bonds. The molecule has 0 spiro atoms. The van der Waals surface area contributed by atoms with Crippen molar-refractivity contribution < 1.29 is 14.3 Å². The third-order valence-corrected chi connectivity index (χ3v) is 4.87. The van der Waals surface area contributed by atoms with E-state index in [-0.39, 0.29) is 18.1 Å². The zero-order chi connectivity index (χ0) is 14.7. The Hall–Kier alpha value is -0.690. The fourth-order valence-corrected chi connectivity index (χ4v) is 3.51. The summed E-state index contributed by atoms with van der Waals surface area (Å²) in [5.74, 6) is 0.838. The van der Waals surface area contributed by atoms with Crippen molar-refractivity contribution in [3.63, 3.8) is 0 Å².